The number of aromatic amines is 1. The highest BCUT2D eigenvalue weighted by molar-refractivity contribution is 6.04. The number of para-hydroxylation sites is 1. The number of carbonyl (C=O) groups excluding carboxylic acids is 2. The first-order valence-electron chi connectivity index (χ1n) is 8.53. The lowest BCUT2D eigenvalue weighted by molar-refractivity contribution is -0.122. The van der Waals surface area contributed by atoms with Gasteiger partial charge in [-0.15, -0.1) is 0 Å². The first-order chi connectivity index (χ1) is 12.5. The molecule has 0 bridgehead atoms. The standard InChI is InChI=1S/C20H20N4O2/c1-12-8-14-9-15(22-16(14)11-21-12)19(25)24(3)18-10-13-6-4-5-7-17(13)23(2)20(18)26/h4-9,11,18,22H,10H2,1-3H3. The van der Waals surface area contributed by atoms with E-state index in [1.807, 2.05) is 43.3 Å². The number of pyridine rings is 1. The third-order valence-electron chi connectivity index (χ3n) is 5.04. The van der Waals surface area contributed by atoms with E-state index in [0.29, 0.717) is 12.1 Å². The molecule has 1 aromatic carbocycles. The Balaban J connectivity index is 1.65. The van der Waals surface area contributed by atoms with E-state index < -0.39 is 6.04 Å². The molecule has 1 aliphatic heterocycles. The Morgan fingerprint density at radius 1 is 1.31 bits per heavy atom. The number of hydrogen-bond acceptors (Lipinski definition) is 3. The molecular weight excluding hydrogens is 328 g/mol. The molecule has 6 nitrogen and oxygen atoms in total. The van der Waals surface area contributed by atoms with Crippen LogP contribution in [-0.4, -0.2) is 46.8 Å². The van der Waals surface area contributed by atoms with Crippen molar-refractivity contribution >= 4 is 28.4 Å². The van der Waals surface area contributed by atoms with Crippen LogP contribution in [0.2, 0.25) is 0 Å². The van der Waals surface area contributed by atoms with Crippen molar-refractivity contribution in [2.24, 2.45) is 0 Å². The lowest BCUT2D eigenvalue weighted by Gasteiger charge is -2.36. The van der Waals surface area contributed by atoms with Gasteiger partial charge in [0.25, 0.3) is 5.91 Å². The molecular formula is C20H20N4O2. The van der Waals surface area contributed by atoms with Gasteiger partial charge in [-0.1, -0.05) is 18.2 Å². The molecule has 0 saturated carbocycles. The van der Waals surface area contributed by atoms with Gasteiger partial charge in [0.15, 0.2) is 0 Å². The molecule has 3 heterocycles. The van der Waals surface area contributed by atoms with Gasteiger partial charge in [0, 0.05) is 37.3 Å². The van der Waals surface area contributed by atoms with Crippen LogP contribution in [0.15, 0.2) is 42.6 Å². The zero-order chi connectivity index (χ0) is 18.4. The molecule has 4 rings (SSSR count). The van der Waals surface area contributed by atoms with Gasteiger partial charge >= 0.3 is 0 Å². The van der Waals surface area contributed by atoms with Crippen LogP contribution >= 0.6 is 0 Å². The zero-order valence-corrected chi connectivity index (χ0v) is 15.0. The number of nitrogens with zero attached hydrogens (tertiary/aromatic N) is 3. The number of amides is 2. The smallest absolute Gasteiger partial charge is 0.270 e. The number of benzene rings is 1. The molecule has 0 spiro atoms. The Kier molecular flexibility index (Phi) is 3.76. The Labute approximate surface area is 151 Å². The topological polar surface area (TPSA) is 69.3 Å². The summed E-state index contributed by atoms with van der Waals surface area (Å²) in [5.74, 6) is -0.279. The molecule has 1 atom stereocenters. The number of hydrogen-bond donors (Lipinski definition) is 1. The third-order valence-corrected chi connectivity index (χ3v) is 5.04. The molecule has 6 heteroatoms. The van der Waals surface area contributed by atoms with Crippen LogP contribution in [0.4, 0.5) is 5.69 Å². The van der Waals surface area contributed by atoms with E-state index >= 15 is 0 Å². The molecule has 1 aliphatic rings. The number of nitrogens with one attached hydrogen (secondary N) is 1. The molecule has 2 aromatic heterocycles. The number of aryl methyl sites for hydroxylation is 1. The quantitative estimate of drug-likeness (QED) is 0.774. The maximum Gasteiger partial charge on any atom is 0.270 e. The molecule has 0 fully saturated rings. The number of fused-ring (bicyclic) bond motifs is 2. The van der Waals surface area contributed by atoms with Crippen molar-refractivity contribution in [2.45, 2.75) is 19.4 Å². The van der Waals surface area contributed by atoms with Crippen molar-refractivity contribution in [3.05, 3.63) is 59.5 Å². The molecule has 26 heavy (non-hydrogen) atoms. The van der Waals surface area contributed by atoms with Crippen LogP contribution in [0.25, 0.3) is 10.9 Å². The minimum absolute atomic E-state index is 0.0758. The summed E-state index contributed by atoms with van der Waals surface area (Å²) >= 11 is 0. The number of likely N-dealkylation sites (N-methyl/N-ethyl adjacent to an activating group) is 2. The summed E-state index contributed by atoms with van der Waals surface area (Å²) in [5.41, 5.74) is 4.14. The van der Waals surface area contributed by atoms with Crippen molar-refractivity contribution in [1.29, 1.82) is 0 Å². The molecule has 2 amide bonds. The maximum atomic E-state index is 13.0. The monoisotopic (exact) mass is 348 g/mol. The van der Waals surface area contributed by atoms with E-state index in [9.17, 15) is 9.59 Å². The van der Waals surface area contributed by atoms with Crippen LogP contribution < -0.4 is 4.90 Å². The van der Waals surface area contributed by atoms with E-state index in [0.717, 1.165) is 27.8 Å². The summed E-state index contributed by atoms with van der Waals surface area (Å²) in [6.07, 6.45) is 2.24. The summed E-state index contributed by atoms with van der Waals surface area (Å²) in [5, 5.41) is 0.937. The fourth-order valence-electron chi connectivity index (χ4n) is 3.54. The first-order valence-corrected chi connectivity index (χ1v) is 8.53. The molecule has 0 aliphatic carbocycles. The van der Waals surface area contributed by atoms with Gasteiger partial charge in [0.1, 0.15) is 11.7 Å². The normalized spacial score (nSPS) is 16.7. The highest BCUT2D eigenvalue weighted by atomic mass is 16.2. The Morgan fingerprint density at radius 2 is 2.08 bits per heavy atom. The van der Waals surface area contributed by atoms with Crippen LogP contribution in [0.3, 0.4) is 0 Å². The maximum absolute atomic E-state index is 13.0. The van der Waals surface area contributed by atoms with Gasteiger partial charge in [-0.2, -0.15) is 0 Å². The largest absolute Gasteiger partial charge is 0.349 e. The summed E-state index contributed by atoms with van der Waals surface area (Å²) in [4.78, 5) is 36.3. The highest BCUT2D eigenvalue weighted by Crippen LogP contribution is 2.29. The van der Waals surface area contributed by atoms with Crippen molar-refractivity contribution in [1.82, 2.24) is 14.9 Å². The molecule has 0 radical (unpaired) electrons. The Hall–Kier alpha value is -3.15. The van der Waals surface area contributed by atoms with Gasteiger partial charge in [-0.05, 0) is 30.7 Å². The molecule has 1 N–H and O–H groups in total. The second-order valence-electron chi connectivity index (χ2n) is 6.76. The van der Waals surface area contributed by atoms with E-state index in [4.69, 9.17) is 0 Å². The lowest BCUT2D eigenvalue weighted by Crippen LogP contribution is -2.52. The van der Waals surface area contributed by atoms with Gasteiger partial charge < -0.3 is 14.8 Å². The second-order valence-corrected chi connectivity index (χ2v) is 6.76. The van der Waals surface area contributed by atoms with Crippen molar-refractivity contribution in [2.75, 3.05) is 19.0 Å². The molecule has 3 aromatic rings. The molecule has 0 saturated heterocycles. The number of rotatable bonds is 2. The van der Waals surface area contributed by atoms with Crippen LogP contribution in [-0.2, 0) is 11.2 Å². The average Bonchev–Trinajstić information content (AvgIpc) is 3.06. The summed E-state index contributed by atoms with van der Waals surface area (Å²) in [6.45, 7) is 1.91. The van der Waals surface area contributed by atoms with Crippen molar-refractivity contribution < 1.29 is 9.59 Å². The predicted octanol–water partition coefficient (Wildman–Crippen LogP) is 2.53. The van der Waals surface area contributed by atoms with Gasteiger partial charge in [-0.3, -0.25) is 14.6 Å². The Morgan fingerprint density at radius 3 is 2.88 bits per heavy atom. The zero-order valence-electron chi connectivity index (χ0n) is 15.0. The van der Waals surface area contributed by atoms with Crippen LogP contribution in [0.1, 0.15) is 21.7 Å². The average molecular weight is 348 g/mol. The molecule has 132 valence electrons. The van der Waals surface area contributed by atoms with Gasteiger partial charge in [-0.25, -0.2) is 0 Å². The summed E-state index contributed by atoms with van der Waals surface area (Å²) in [6, 6.07) is 11.0. The molecule has 1 unspecified atom stereocenters. The van der Waals surface area contributed by atoms with E-state index in [2.05, 4.69) is 9.97 Å². The number of anilines is 1. The van der Waals surface area contributed by atoms with Gasteiger partial charge in [0.05, 0.1) is 11.7 Å². The second kappa shape index (κ2) is 5.98. The number of H-pyrrole nitrogens is 1. The van der Waals surface area contributed by atoms with E-state index in [1.165, 1.54) is 4.90 Å². The lowest BCUT2D eigenvalue weighted by atomic mass is 9.96. The summed E-state index contributed by atoms with van der Waals surface area (Å²) < 4.78 is 0. The highest BCUT2D eigenvalue weighted by Gasteiger charge is 2.35. The van der Waals surface area contributed by atoms with Crippen molar-refractivity contribution in [3.63, 3.8) is 0 Å². The minimum Gasteiger partial charge on any atom is -0.349 e. The first kappa shape index (κ1) is 16.3. The fraction of sp³-hybridized carbons (Fsp3) is 0.250. The summed E-state index contributed by atoms with van der Waals surface area (Å²) in [7, 11) is 3.44. The van der Waals surface area contributed by atoms with E-state index in [-0.39, 0.29) is 11.8 Å². The minimum atomic E-state index is -0.520. The van der Waals surface area contributed by atoms with Gasteiger partial charge in [0.2, 0.25) is 5.91 Å². The Bertz CT molecular complexity index is 1020. The fourth-order valence-corrected chi connectivity index (χ4v) is 3.54. The predicted molar refractivity (Wildman–Crippen MR) is 100 cm³/mol. The number of aromatic nitrogens is 2. The van der Waals surface area contributed by atoms with E-state index in [1.54, 1.807) is 25.2 Å². The van der Waals surface area contributed by atoms with Crippen LogP contribution in [0, 0.1) is 6.92 Å². The number of carbonyl (C=O) groups is 2. The van der Waals surface area contributed by atoms with Crippen LogP contribution in [0.5, 0.6) is 0 Å². The third kappa shape index (κ3) is 2.54. The van der Waals surface area contributed by atoms with Crippen molar-refractivity contribution in [3.8, 4) is 0 Å². The SMILES string of the molecule is Cc1cc2cc(C(=O)N(C)C3Cc4ccccc4N(C)C3=O)[nH]c2cn1.